The van der Waals surface area contributed by atoms with E-state index in [2.05, 4.69) is 20.2 Å². The van der Waals surface area contributed by atoms with E-state index in [-0.39, 0.29) is 5.43 Å². The van der Waals surface area contributed by atoms with Gasteiger partial charge >= 0.3 is 0 Å². The van der Waals surface area contributed by atoms with Gasteiger partial charge in [0.25, 0.3) is 0 Å². The van der Waals surface area contributed by atoms with E-state index in [0.717, 1.165) is 11.1 Å². The second-order valence-corrected chi connectivity index (χ2v) is 7.40. The fourth-order valence-corrected chi connectivity index (χ4v) is 3.51. The lowest BCUT2D eigenvalue weighted by Crippen LogP contribution is -2.16. The molecular formula is C25H23N5O3. The lowest BCUT2D eigenvalue weighted by atomic mass is 10.0. The largest absolute Gasteiger partial charge is 0.491 e. The summed E-state index contributed by atoms with van der Waals surface area (Å²) in [6, 6.07) is 14.6. The summed E-state index contributed by atoms with van der Waals surface area (Å²) < 4.78 is 5.39. The van der Waals surface area contributed by atoms with Crippen molar-refractivity contribution in [1.29, 1.82) is 0 Å². The number of primary amides is 1. The Hall–Kier alpha value is -4.33. The normalized spacial score (nSPS) is 10.7. The molecule has 0 unspecified atom stereocenters. The summed E-state index contributed by atoms with van der Waals surface area (Å²) in [4.78, 5) is 33.2. The van der Waals surface area contributed by atoms with E-state index >= 15 is 0 Å². The Balaban J connectivity index is 1.53. The number of carbonyl (C=O) groups is 1. The van der Waals surface area contributed by atoms with Crippen molar-refractivity contribution in [2.45, 2.75) is 19.8 Å². The lowest BCUT2D eigenvalue weighted by molar-refractivity contribution is 0.100. The van der Waals surface area contributed by atoms with Gasteiger partial charge in [-0.3, -0.25) is 14.7 Å². The van der Waals surface area contributed by atoms with Gasteiger partial charge in [0.1, 0.15) is 5.69 Å². The molecule has 2 heterocycles. The number of nitrogens with zero attached hydrogens (tertiary/aromatic N) is 3. The van der Waals surface area contributed by atoms with Crippen LogP contribution in [-0.2, 0) is 12.8 Å². The second-order valence-electron chi connectivity index (χ2n) is 7.40. The molecule has 0 fully saturated rings. The Labute approximate surface area is 190 Å². The number of hydrogen-bond acceptors (Lipinski definition) is 6. The van der Waals surface area contributed by atoms with Gasteiger partial charge in [-0.1, -0.05) is 30.3 Å². The van der Waals surface area contributed by atoms with Crippen molar-refractivity contribution in [2.75, 3.05) is 6.61 Å². The van der Waals surface area contributed by atoms with E-state index in [1.807, 2.05) is 31.2 Å². The van der Waals surface area contributed by atoms with Crippen LogP contribution in [0.2, 0.25) is 0 Å². The SMILES string of the molecule is CCOc1cnc(-c2cccc(CCc3n[nH]cc(-c4cccc(C(N)=O)c4)c3=O)c2)nc1. The maximum Gasteiger partial charge on any atom is 0.248 e. The Bertz CT molecular complexity index is 1330. The van der Waals surface area contributed by atoms with Crippen LogP contribution in [-0.4, -0.2) is 32.7 Å². The molecule has 166 valence electrons. The predicted octanol–water partition coefficient (Wildman–Crippen LogP) is 3.18. The minimum atomic E-state index is -0.543. The third-order valence-corrected chi connectivity index (χ3v) is 5.15. The highest BCUT2D eigenvalue weighted by molar-refractivity contribution is 5.94. The average Bonchev–Trinajstić information content (AvgIpc) is 2.84. The fraction of sp³-hybridized carbons (Fsp3) is 0.160. The number of H-pyrrole nitrogens is 1. The van der Waals surface area contributed by atoms with Crippen molar-refractivity contribution in [3.63, 3.8) is 0 Å². The van der Waals surface area contributed by atoms with E-state index in [1.54, 1.807) is 36.7 Å². The second kappa shape index (κ2) is 9.86. The summed E-state index contributed by atoms with van der Waals surface area (Å²) in [5.74, 6) is 0.690. The van der Waals surface area contributed by atoms with Crippen molar-refractivity contribution >= 4 is 5.91 Å². The summed E-state index contributed by atoms with van der Waals surface area (Å²) in [6.45, 7) is 2.47. The number of carbonyl (C=O) groups excluding carboxylic acids is 1. The molecule has 0 spiro atoms. The molecule has 33 heavy (non-hydrogen) atoms. The first-order valence-electron chi connectivity index (χ1n) is 10.6. The number of nitrogens with one attached hydrogen (secondary N) is 1. The summed E-state index contributed by atoms with van der Waals surface area (Å²) in [5, 5.41) is 6.99. The number of aromatic nitrogens is 4. The van der Waals surface area contributed by atoms with Gasteiger partial charge in [-0.2, -0.15) is 5.10 Å². The van der Waals surface area contributed by atoms with Gasteiger partial charge < -0.3 is 10.5 Å². The molecule has 0 bridgehead atoms. The Kier molecular flexibility index (Phi) is 6.54. The monoisotopic (exact) mass is 441 g/mol. The van der Waals surface area contributed by atoms with Crippen molar-refractivity contribution in [1.82, 2.24) is 20.2 Å². The molecule has 8 heteroatoms. The third-order valence-electron chi connectivity index (χ3n) is 5.15. The van der Waals surface area contributed by atoms with E-state index in [1.165, 1.54) is 6.20 Å². The number of amides is 1. The highest BCUT2D eigenvalue weighted by atomic mass is 16.5. The smallest absolute Gasteiger partial charge is 0.248 e. The maximum atomic E-state index is 13.0. The van der Waals surface area contributed by atoms with Crippen LogP contribution < -0.4 is 15.9 Å². The first kappa shape index (κ1) is 21.9. The number of nitrogens with two attached hydrogens (primary N) is 1. The predicted molar refractivity (Wildman–Crippen MR) is 125 cm³/mol. The number of hydrogen-bond donors (Lipinski definition) is 2. The summed E-state index contributed by atoms with van der Waals surface area (Å²) in [7, 11) is 0. The van der Waals surface area contributed by atoms with Crippen LogP contribution in [0.25, 0.3) is 22.5 Å². The zero-order valence-electron chi connectivity index (χ0n) is 18.1. The number of benzene rings is 2. The van der Waals surface area contributed by atoms with Gasteiger partial charge in [-0.15, -0.1) is 0 Å². The van der Waals surface area contributed by atoms with Crippen LogP contribution in [0.5, 0.6) is 5.75 Å². The molecule has 4 rings (SSSR count). The first-order valence-corrected chi connectivity index (χ1v) is 10.6. The minimum Gasteiger partial charge on any atom is -0.491 e. The topological polar surface area (TPSA) is 124 Å². The molecule has 0 aliphatic carbocycles. The Morgan fingerprint density at radius 2 is 1.79 bits per heavy atom. The van der Waals surface area contributed by atoms with Crippen LogP contribution >= 0.6 is 0 Å². The zero-order chi connectivity index (χ0) is 23.2. The minimum absolute atomic E-state index is 0.179. The summed E-state index contributed by atoms with van der Waals surface area (Å²) in [6.07, 6.45) is 5.91. The van der Waals surface area contributed by atoms with Gasteiger partial charge in [0.2, 0.25) is 11.3 Å². The standard InChI is InChI=1S/C25H23N5O3/c1-2-33-20-13-27-25(28-14-20)19-8-3-5-16(11-19)9-10-22-23(31)21(15-29-30-22)17-6-4-7-18(12-17)24(26)32/h3-8,11-15H,2,9-10H2,1H3,(H2,26,32)(H,29,31). The van der Waals surface area contributed by atoms with Crippen molar-refractivity contribution in [2.24, 2.45) is 5.73 Å². The van der Waals surface area contributed by atoms with Crippen molar-refractivity contribution in [3.8, 4) is 28.3 Å². The lowest BCUT2D eigenvalue weighted by Gasteiger charge is -2.07. The maximum absolute atomic E-state index is 13.0. The molecule has 0 saturated carbocycles. The fourth-order valence-electron chi connectivity index (χ4n) is 3.51. The number of rotatable bonds is 8. The molecule has 0 atom stereocenters. The summed E-state index contributed by atoms with van der Waals surface area (Å²) in [5.41, 5.74) is 8.93. The molecule has 0 aliphatic rings. The van der Waals surface area contributed by atoms with E-state index in [0.29, 0.717) is 53.4 Å². The van der Waals surface area contributed by atoms with Crippen LogP contribution in [0.3, 0.4) is 0 Å². The molecule has 2 aromatic heterocycles. The van der Waals surface area contributed by atoms with Crippen LogP contribution in [0.15, 0.2) is 71.9 Å². The van der Waals surface area contributed by atoms with Gasteiger partial charge in [0.15, 0.2) is 11.6 Å². The summed E-state index contributed by atoms with van der Waals surface area (Å²) >= 11 is 0. The van der Waals surface area contributed by atoms with Crippen LogP contribution in [0.1, 0.15) is 28.5 Å². The van der Waals surface area contributed by atoms with E-state index < -0.39 is 5.91 Å². The van der Waals surface area contributed by atoms with Crippen LogP contribution in [0, 0.1) is 0 Å². The molecule has 0 aliphatic heterocycles. The number of ether oxygens (including phenoxy) is 1. The van der Waals surface area contributed by atoms with Crippen LogP contribution in [0.4, 0.5) is 0 Å². The molecule has 0 saturated heterocycles. The molecule has 8 nitrogen and oxygen atoms in total. The molecule has 2 aromatic carbocycles. The molecular weight excluding hydrogens is 418 g/mol. The molecule has 3 N–H and O–H groups in total. The third kappa shape index (κ3) is 5.12. The van der Waals surface area contributed by atoms with E-state index in [4.69, 9.17) is 10.5 Å². The quantitative estimate of drug-likeness (QED) is 0.433. The number of aryl methyl sites for hydroxylation is 2. The Morgan fingerprint density at radius 1 is 1.03 bits per heavy atom. The average molecular weight is 441 g/mol. The van der Waals surface area contributed by atoms with Crippen molar-refractivity contribution < 1.29 is 9.53 Å². The van der Waals surface area contributed by atoms with E-state index in [9.17, 15) is 9.59 Å². The zero-order valence-corrected chi connectivity index (χ0v) is 18.1. The van der Waals surface area contributed by atoms with Gasteiger partial charge in [-0.25, -0.2) is 9.97 Å². The number of aromatic amines is 1. The molecule has 1 amide bonds. The van der Waals surface area contributed by atoms with Gasteiger partial charge in [0, 0.05) is 22.9 Å². The van der Waals surface area contributed by atoms with Gasteiger partial charge in [0.05, 0.1) is 19.0 Å². The first-order chi connectivity index (χ1) is 16.0. The van der Waals surface area contributed by atoms with Crippen molar-refractivity contribution in [3.05, 3.63) is 94.2 Å². The molecule has 4 aromatic rings. The van der Waals surface area contributed by atoms with Gasteiger partial charge in [-0.05, 0) is 49.1 Å². The highest BCUT2D eigenvalue weighted by Gasteiger charge is 2.12. The molecule has 0 radical (unpaired) electrons. The highest BCUT2D eigenvalue weighted by Crippen LogP contribution is 2.20. The Morgan fingerprint density at radius 3 is 2.55 bits per heavy atom.